The summed E-state index contributed by atoms with van der Waals surface area (Å²) in [5.41, 5.74) is 2.53. The lowest BCUT2D eigenvalue weighted by Gasteiger charge is -2.34. The molecule has 1 saturated heterocycles. The Labute approximate surface area is 196 Å². The maximum atomic E-state index is 13.9. The monoisotopic (exact) mass is 460 g/mol. The molecule has 1 N–H and O–H groups in total. The average molecular weight is 461 g/mol. The Hall–Kier alpha value is -3.69. The molecule has 0 spiro atoms. The van der Waals surface area contributed by atoms with Crippen LogP contribution in [0.4, 0.5) is 4.39 Å². The third kappa shape index (κ3) is 4.40. The molecule has 9 heteroatoms. The summed E-state index contributed by atoms with van der Waals surface area (Å²) in [6.45, 7) is 4.77. The summed E-state index contributed by atoms with van der Waals surface area (Å²) in [5.74, 6) is -0.619. The lowest BCUT2D eigenvalue weighted by Crippen LogP contribution is -2.44. The van der Waals surface area contributed by atoms with Crippen LogP contribution in [0.15, 0.2) is 60.9 Å². The van der Waals surface area contributed by atoms with Crippen molar-refractivity contribution in [3.63, 3.8) is 0 Å². The van der Waals surface area contributed by atoms with E-state index in [4.69, 9.17) is 4.74 Å². The summed E-state index contributed by atoms with van der Waals surface area (Å²) >= 11 is 0. The van der Waals surface area contributed by atoms with Gasteiger partial charge in [0.05, 0.1) is 30.6 Å². The number of amides is 1. The largest absolute Gasteiger partial charge is 0.379 e. The number of benzene rings is 2. The van der Waals surface area contributed by atoms with Crippen molar-refractivity contribution in [3.05, 3.63) is 83.7 Å². The van der Waals surface area contributed by atoms with E-state index in [2.05, 4.69) is 25.5 Å². The summed E-state index contributed by atoms with van der Waals surface area (Å²) in [7, 11) is 0. The first-order valence-electron chi connectivity index (χ1n) is 11.2. The highest BCUT2D eigenvalue weighted by Gasteiger charge is 2.25. The van der Waals surface area contributed by atoms with Gasteiger partial charge < -0.3 is 10.1 Å². The van der Waals surface area contributed by atoms with Gasteiger partial charge in [0.2, 0.25) is 0 Å². The van der Waals surface area contributed by atoms with Crippen molar-refractivity contribution in [2.45, 2.75) is 13.0 Å². The number of carbonyl (C=O) groups excluding carboxylic acids is 1. The lowest BCUT2D eigenvalue weighted by molar-refractivity contribution is 0.0161. The third-order valence-corrected chi connectivity index (χ3v) is 6.17. The number of nitrogens with one attached hydrogen (secondary N) is 1. The fraction of sp³-hybridized carbons (Fsp3) is 0.280. The summed E-state index contributed by atoms with van der Waals surface area (Å²) in [4.78, 5) is 19.5. The van der Waals surface area contributed by atoms with Gasteiger partial charge in [0.25, 0.3) is 5.91 Å². The maximum absolute atomic E-state index is 13.9. The molecule has 5 rings (SSSR count). The van der Waals surface area contributed by atoms with E-state index in [0.717, 1.165) is 22.0 Å². The predicted molar refractivity (Wildman–Crippen MR) is 125 cm³/mol. The van der Waals surface area contributed by atoms with Crippen LogP contribution in [0.25, 0.3) is 16.5 Å². The number of rotatable bonds is 6. The molecule has 0 bridgehead atoms. The van der Waals surface area contributed by atoms with Crippen LogP contribution in [0.3, 0.4) is 0 Å². The first-order valence-corrected chi connectivity index (χ1v) is 11.2. The Kier molecular flexibility index (Phi) is 6.29. The standard InChI is InChI=1S/C25H25FN6O2/c1-17-24(29-30-32(17)22-7-3-5-19-15-27-9-8-21(19)22)25(33)28-16-23(31-10-12-34-13-11-31)18-4-2-6-20(26)14-18/h2-9,14-15,23H,10-13,16H2,1H3,(H,28,33). The molecule has 0 radical (unpaired) electrons. The van der Waals surface area contributed by atoms with Crippen LogP contribution in [0.5, 0.6) is 0 Å². The van der Waals surface area contributed by atoms with Crippen molar-refractivity contribution in [3.8, 4) is 5.69 Å². The average Bonchev–Trinajstić information content (AvgIpc) is 3.25. The smallest absolute Gasteiger partial charge is 0.273 e. The van der Waals surface area contributed by atoms with Crippen molar-refractivity contribution < 1.29 is 13.9 Å². The highest BCUT2D eigenvalue weighted by Crippen LogP contribution is 2.24. The summed E-state index contributed by atoms with van der Waals surface area (Å²) in [5, 5.41) is 13.4. The molecule has 3 heterocycles. The molecule has 2 aromatic heterocycles. The minimum Gasteiger partial charge on any atom is -0.379 e. The Morgan fingerprint density at radius 2 is 2.00 bits per heavy atom. The number of hydrogen-bond donors (Lipinski definition) is 1. The second-order valence-corrected chi connectivity index (χ2v) is 8.24. The van der Waals surface area contributed by atoms with Gasteiger partial charge in [-0.25, -0.2) is 9.07 Å². The molecule has 1 unspecified atom stereocenters. The minimum absolute atomic E-state index is 0.176. The topological polar surface area (TPSA) is 85.2 Å². The predicted octanol–water partition coefficient (Wildman–Crippen LogP) is 3.07. The molecule has 2 aromatic carbocycles. The minimum atomic E-state index is -0.319. The van der Waals surface area contributed by atoms with Crippen molar-refractivity contribution in [1.29, 1.82) is 0 Å². The fourth-order valence-electron chi connectivity index (χ4n) is 4.39. The molecule has 0 saturated carbocycles. The van der Waals surface area contributed by atoms with E-state index in [-0.39, 0.29) is 23.5 Å². The Bertz CT molecular complexity index is 1310. The van der Waals surface area contributed by atoms with E-state index in [1.165, 1.54) is 12.1 Å². The van der Waals surface area contributed by atoms with Gasteiger partial charge in [0, 0.05) is 42.8 Å². The highest BCUT2D eigenvalue weighted by atomic mass is 19.1. The molecule has 1 aliphatic heterocycles. The van der Waals surface area contributed by atoms with Crippen LogP contribution in [0.1, 0.15) is 27.8 Å². The van der Waals surface area contributed by atoms with E-state index < -0.39 is 0 Å². The molecule has 1 fully saturated rings. The quantitative estimate of drug-likeness (QED) is 0.476. The molecule has 8 nitrogen and oxygen atoms in total. The second kappa shape index (κ2) is 9.66. The fourth-order valence-corrected chi connectivity index (χ4v) is 4.39. The Balaban J connectivity index is 1.38. The van der Waals surface area contributed by atoms with E-state index in [0.29, 0.717) is 38.5 Å². The van der Waals surface area contributed by atoms with Gasteiger partial charge in [-0.15, -0.1) is 5.10 Å². The van der Waals surface area contributed by atoms with Crippen LogP contribution in [0.2, 0.25) is 0 Å². The molecular weight excluding hydrogens is 435 g/mol. The third-order valence-electron chi connectivity index (χ3n) is 6.17. The first kappa shape index (κ1) is 22.1. The van der Waals surface area contributed by atoms with Crippen LogP contribution in [-0.2, 0) is 4.74 Å². The summed E-state index contributed by atoms with van der Waals surface area (Å²) in [6, 6.07) is 14.1. The van der Waals surface area contributed by atoms with Crippen LogP contribution < -0.4 is 5.32 Å². The lowest BCUT2D eigenvalue weighted by atomic mass is 10.0. The number of aromatic nitrogens is 4. The van der Waals surface area contributed by atoms with Gasteiger partial charge >= 0.3 is 0 Å². The number of carbonyl (C=O) groups is 1. The number of fused-ring (bicyclic) bond motifs is 1. The van der Waals surface area contributed by atoms with Gasteiger partial charge in [0.15, 0.2) is 5.69 Å². The Morgan fingerprint density at radius 1 is 1.18 bits per heavy atom. The molecule has 0 aliphatic carbocycles. The molecular formula is C25H25FN6O2. The van der Waals surface area contributed by atoms with Crippen molar-refractivity contribution in [2.75, 3.05) is 32.8 Å². The molecule has 4 aromatic rings. The number of nitrogens with zero attached hydrogens (tertiary/aromatic N) is 5. The number of halogens is 1. The van der Waals surface area contributed by atoms with E-state index >= 15 is 0 Å². The number of pyridine rings is 1. The van der Waals surface area contributed by atoms with Gasteiger partial charge in [-0.05, 0) is 36.8 Å². The van der Waals surface area contributed by atoms with Crippen LogP contribution >= 0.6 is 0 Å². The van der Waals surface area contributed by atoms with Gasteiger partial charge in [-0.3, -0.25) is 14.7 Å². The molecule has 174 valence electrons. The normalized spacial score (nSPS) is 15.4. The van der Waals surface area contributed by atoms with Gasteiger partial charge in [-0.1, -0.05) is 29.5 Å². The van der Waals surface area contributed by atoms with Gasteiger partial charge in [-0.2, -0.15) is 0 Å². The van der Waals surface area contributed by atoms with Crippen molar-refractivity contribution >= 4 is 16.7 Å². The zero-order valence-electron chi connectivity index (χ0n) is 18.8. The van der Waals surface area contributed by atoms with Crippen molar-refractivity contribution in [2.24, 2.45) is 0 Å². The summed E-state index contributed by atoms with van der Waals surface area (Å²) < 4.78 is 21.1. The number of hydrogen-bond acceptors (Lipinski definition) is 6. The molecule has 34 heavy (non-hydrogen) atoms. The first-order chi connectivity index (χ1) is 16.6. The highest BCUT2D eigenvalue weighted by molar-refractivity contribution is 5.94. The zero-order chi connectivity index (χ0) is 23.5. The summed E-state index contributed by atoms with van der Waals surface area (Å²) in [6.07, 6.45) is 3.51. The second-order valence-electron chi connectivity index (χ2n) is 8.24. The SMILES string of the molecule is Cc1c(C(=O)NCC(c2cccc(F)c2)N2CCOCC2)nnn1-c1cccc2cnccc12. The molecule has 1 atom stereocenters. The Morgan fingerprint density at radius 3 is 2.82 bits per heavy atom. The molecule has 1 aliphatic rings. The van der Waals surface area contributed by atoms with E-state index in [1.54, 1.807) is 23.1 Å². The maximum Gasteiger partial charge on any atom is 0.273 e. The zero-order valence-corrected chi connectivity index (χ0v) is 18.8. The van der Waals surface area contributed by atoms with E-state index in [1.807, 2.05) is 37.3 Å². The number of ether oxygens (including phenoxy) is 1. The van der Waals surface area contributed by atoms with E-state index in [9.17, 15) is 9.18 Å². The van der Waals surface area contributed by atoms with Crippen molar-refractivity contribution in [1.82, 2.24) is 30.2 Å². The molecule has 1 amide bonds. The van der Waals surface area contributed by atoms with Gasteiger partial charge in [0.1, 0.15) is 5.82 Å². The van der Waals surface area contributed by atoms with Crippen LogP contribution in [0, 0.1) is 12.7 Å². The number of morpholine rings is 1. The van der Waals surface area contributed by atoms with Crippen LogP contribution in [-0.4, -0.2) is 63.6 Å².